The molecule has 1 aliphatic rings. The van der Waals surface area contributed by atoms with E-state index in [-0.39, 0.29) is 24.0 Å². The first kappa shape index (κ1) is 17.6. The summed E-state index contributed by atoms with van der Waals surface area (Å²) in [5, 5.41) is 4.48. The van der Waals surface area contributed by atoms with E-state index in [1.54, 1.807) is 11.3 Å². The van der Waals surface area contributed by atoms with Gasteiger partial charge in [-0.2, -0.15) is 0 Å². The van der Waals surface area contributed by atoms with Crippen LogP contribution in [0.1, 0.15) is 16.3 Å². The van der Waals surface area contributed by atoms with Gasteiger partial charge >= 0.3 is 0 Å². The Morgan fingerprint density at radius 1 is 1.65 bits per heavy atom. The molecule has 2 rings (SSSR count). The van der Waals surface area contributed by atoms with Crippen LogP contribution in [0.15, 0.2) is 11.2 Å². The molecule has 20 heavy (non-hydrogen) atoms. The molecule has 1 saturated heterocycles. The Labute approximate surface area is 141 Å². The molecular formula is C13H23IN4OS. The first-order valence-corrected chi connectivity index (χ1v) is 7.41. The van der Waals surface area contributed by atoms with Gasteiger partial charge in [0.15, 0.2) is 5.96 Å². The fourth-order valence-corrected chi connectivity index (χ4v) is 2.97. The molecule has 5 nitrogen and oxygen atoms in total. The Bertz CT molecular complexity index is 432. The number of ether oxygens (including phenoxy) is 1. The summed E-state index contributed by atoms with van der Waals surface area (Å²) < 4.78 is 5.41. The van der Waals surface area contributed by atoms with Crippen LogP contribution in [0, 0.1) is 12.8 Å². The van der Waals surface area contributed by atoms with E-state index in [0.717, 1.165) is 43.7 Å². The highest BCUT2D eigenvalue weighted by atomic mass is 127. The Kier molecular flexibility index (Phi) is 7.75. The monoisotopic (exact) mass is 410 g/mol. The molecule has 2 heterocycles. The summed E-state index contributed by atoms with van der Waals surface area (Å²) >= 11 is 1.72. The summed E-state index contributed by atoms with van der Waals surface area (Å²) in [4.78, 5) is 12.0. The van der Waals surface area contributed by atoms with Crippen molar-refractivity contribution in [2.24, 2.45) is 10.9 Å². The Balaban J connectivity index is 0.00000200. The van der Waals surface area contributed by atoms with Crippen molar-refractivity contribution in [3.05, 3.63) is 16.1 Å². The lowest BCUT2D eigenvalue weighted by atomic mass is 10.1. The van der Waals surface area contributed by atoms with Crippen LogP contribution in [0.4, 0.5) is 0 Å². The van der Waals surface area contributed by atoms with Gasteiger partial charge < -0.3 is 15.0 Å². The van der Waals surface area contributed by atoms with Crippen LogP contribution in [-0.4, -0.2) is 49.7 Å². The molecule has 7 heteroatoms. The highest BCUT2D eigenvalue weighted by Gasteiger charge is 2.19. The minimum atomic E-state index is 0. The molecule has 0 aliphatic carbocycles. The minimum absolute atomic E-state index is 0. The largest absolute Gasteiger partial charge is 0.381 e. The molecule has 0 saturated carbocycles. The number of nitrogens with one attached hydrogen (secondary N) is 1. The number of nitrogens with zero attached hydrogens (tertiary/aromatic N) is 3. The third-order valence-electron chi connectivity index (χ3n) is 3.22. The quantitative estimate of drug-likeness (QED) is 0.470. The Hall–Kier alpha value is -0.410. The zero-order valence-corrected chi connectivity index (χ0v) is 15.4. The van der Waals surface area contributed by atoms with Crippen LogP contribution < -0.4 is 5.32 Å². The van der Waals surface area contributed by atoms with Gasteiger partial charge in [-0.25, -0.2) is 4.98 Å². The molecule has 0 spiro atoms. The number of hydrogen-bond acceptors (Lipinski definition) is 4. The molecule has 1 aliphatic heterocycles. The molecule has 0 bridgehead atoms. The summed E-state index contributed by atoms with van der Waals surface area (Å²) in [6.45, 7) is 5.56. The lowest BCUT2D eigenvalue weighted by Gasteiger charge is -2.24. The van der Waals surface area contributed by atoms with Gasteiger partial charge in [0.25, 0.3) is 0 Å². The van der Waals surface area contributed by atoms with Crippen molar-refractivity contribution in [3.8, 4) is 0 Å². The maximum atomic E-state index is 5.41. The highest BCUT2D eigenvalue weighted by Crippen LogP contribution is 2.14. The van der Waals surface area contributed by atoms with E-state index in [1.807, 2.05) is 20.2 Å². The third-order valence-corrected chi connectivity index (χ3v) is 4.13. The standard InChI is InChI=1S/C13H22N4OS.HI/c1-10-15-6-12(19-10)7-16-13(14-2)17(3)8-11-4-5-18-9-11;/h6,11H,4-5,7-9H2,1-3H3,(H,14,16);1H. The van der Waals surface area contributed by atoms with Gasteiger partial charge in [0.1, 0.15) is 0 Å². The van der Waals surface area contributed by atoms with Crippen molar-refractivity contribution >= 4 is 41.3 Å². The maximum Gasteiger partial charge on any atom is 0.193 e. The summed E-state index contributed by atoms with van der Waals surface area (Å²) in [5.41, 5.74) is 0. The smallest absolute Gasteiger partial charge is 0.193 e. The van der Waals surface area contributed by atoms with Gasteiger partial charge in [-0.1, -0.05) is 0 Å². The fraction of sp³-hybridized carbons (Fsp3) is 0.692. The van der Waals surface area contributed by atoms with Crippen LogP contribution >= 0.6 is 35.3 Å². The van der Waals surface area contributed by atoms with Crippen molar-refractivity contribution < 1.29 is 4.74 Å². The van der Waals surface area contributed by atoms with Gasteiger partial charge in [-0.3, -0.25) is 4.99 Å². The molecule has 1 unspecified atom stereocenters. The van der Waals surface area contributed by atoms with Crippen molar-refractivity contribution in [2.45, 2.75) is 19.9 Å². The summed E-state index contributed by atoms with van der Waals surface area (Å²) in [6, 6.07) is 0. The van der Waals surface area contributed by atoms with Crippen LogP contribution in [-0.2, 0) is 11.3 Å². The average molecular weight is 410 g/mol. The molecule has 1 aromatic heterocycles. The van der Waals surface area contributed by atoms with Gasteiger partial charge in [0.2, 0.25) is 0 Å². The number of aliphatic imine (C=N–C) groups is 1. The Morgan fingerprint density at radius 3 is 3.00 bits per heavy atom. The topological polar surface area (TPSA) is 49.8 Å². The molecule has 1 N–H and O–H groups in total. The van der Waals surface area contributed by atoms with E-state index in [1.165, 1.54) is 4.88 Å². The van der Waals surface area contributed by atoms with Crippen molar-refractivity contribution in [1.29, 1.82) is 0 Å². The van der Waals surface area contributed by atoms with Gasteiger partial charge in [-0.05, 0) is 13.3 Å². The number of thiazole rings is 1. The predicted octanol–water partition coefficient (Wildman–Crippen LogP) is 2.11. The SMILES string of the molecule is CN=C(NCc1cnc(C)s1)N(C)CC1CCOC1.I. The number of rotatable bonds is 4. The second-order valence-electron chi connectivity index (χ2n) is 4.86. The molecule has 114 valence electrons. The zero-order valence-electron chi connectivity index (χ0n) is 12.3. The van der Waals surface area contributed by atoms with Crippen molar-refractivity contribution in [1.82, 2.24) is 15.2 Å². The fourth-order valence-electron chi connectivity index (χ4n) is 2.24. The summed E-state index contributed by atoms with van der Waals surface area (Å²) in [7, 11) is 3.90. The van der Waals surface area contributed by atoms with Gasteiger partial charge in [0.05, 0.1) is 18.2 Å². The van der Waals surface area contributed by atoms with Crippen molar-refractivity contribution in [3.63, 3.8) is 0 Å². The average Bonchev–Trinajstić information content (AvgIpc) is 3.02. The molecule has 0 aromatic carbocycles. The van der Waals surface area contributed by atoms with Crippen LogP contribution in [0.2, 0.25) is 0 Å². The second-order valence-corrected chi connectivity index (χ2v) is 6.18. The van der Waals surface area contributed by atoms with Crippen molar-refractivity contribution in [2.75, 3.05) is 33.9 Å². The van der Waals surface area contributed by atoms with Crippen LogP contribution in [0.25, 0.3) is 0 Å². The minimum Gasteiger partial charge on any atom is -0.381 e. The molecule has 0 amide bonds. The highest BCUT2D eigenvalue weighted by molar-refractivity contribution is 14.0. The molecule has 1 fully saturated rings. The number of hydrogen-bond donors (Lipinski definition) is 1. The molecule has 1 atom stereocenters. The predicted molar refractivity (Wildman–Crippen MR) is 94.0 cm³/mol. The number of aryl methyl sites for hydroxylation is 1. The van der Waals surface area contributed by atoms with E-state index in [0.29, 0.717) is 5.92 Å². The Morgan fingerprint density at radius 2 is 2.45 bits per heavy atom. The lowest BCUT2D eigenvalue weighted by molar-refractivity contribution is 0.181. The van der Waals surface area contributed by atoms with Gasteiger partial charge in [0, 0.05) is 44.2 Å². The lowest BCUT2D eigenvalue weighted by Crippen LogP contribution is -2.41. The zero-order chi connectivity index (χ0) is 13.7. The van der Waals surface area contributed by atoms with Crippen LogP contribution in [0.5, 0.6) is 0 Å². The van der Waals surface area contributed by atoms with Crippen LogP contribution in [0.3, 0.4) is 0 Å². The number of guanidine groups is 1. The van der Waals surface area contributed by atoms with E-state index >= 15 is 0 Å². The van der Waals surface area contributed by atoms with E-state index in [4.69, 9.17) is 4.74 Å². The first-order chi connectivity index (χ1) is 9.19. The second kappa shape index (κ2) is 8.78. The molecule has 1 aromatic rings. The summed E-state index contributed by atoms with van der Waals surface area (Å²) in [5.74, 6) is 1.55. The first-order valence-electron chi connectivity index (χ1n) is 6.60. The van der Waals surface area contributed by atoms with E-state index < -0.39 is 0 Å². The van der Waals surface area contributed by atoms with E-state index in [2.05, 4.69) is 27.2 Å². The third kappa shape index (κ3) is 5.17. The van der Waals surface area contributed by atoms with Gasteiger partial charge in [-0.15, -0.1) is 35.3 Å². The summed E-state index contributed by atoms with van der Waals surface area (Å²) in [6.07, 6.45) is 3.07. The molecular weight excluding hydrogens is 387 g/mol. The number of halogens is 1. The maximum absolute atomic E-state index is 5.41. The number of aromatic nitrogens is 1. The molecule has 0 radical (unpaired) electrons. The van der Waals surface area contributed by atoms with E-state index in [9.17, 15) is 0 Å². The normalized spacial score (nSPS) is 18.8.